The molecule has 24 heavy (non-hydrogen) atoms. The van der Waals surface area contributed by atoms with Crippen LogP contribution >= 0.6 is 23.2 Å². The first-order valence-electron chi connectivity index (χ1n) is 7.81. The molecule has 0 bridgehead atoms. The van der Waals surface area contributed by atoms with E-state index in [1.54, 1.807) is 25.1 Å². The van der Waals surface area contributed by atoms with Gasteiger partial charge in [0.2, 0.25) is 0 Å². The first-order valence-corrected chi connectivity index (χ1v) is 8.56. The molecular formula is C19H21Cl2NO2. The molecule has 0 spiro atoms. The number of ether oxygens (including phenoxy) is 1. The van der Waals surface area contributed by atoms with Gasteiger partial charge >= 0.3 is 0 Å². The summed E-state index contributed by atoms with van der Waals surface area (Å²) < 4.78 is 5.90. The van der Waals surface area contributed by atoms with E-state index in [0.717, 1.165) is 16.9 Å². The Bertz CT molecular complexity index is 744. The van der Waals surface area contributed by atoms with Gasteiger partial charge in [-0.2, -0.15) is 0 Å². The van der Waals surface area contributed by atoms with E-state index in [0.29, 0.717) is 21.7 Å². The first kappa shape index (κ1) is 18.6. The minimum absolute atomic E-state index is 0.282. The van der Waals surface area contributed by atoms with Crippen LogP contribution in [-0.2, 0) is 4.79 Å². The van der Waals surface area contributed by atoms with Crippen molar-refractivity contribution in [1.82, 2.24) is 0 Å². The van der Waals surface area contributed by atoms with Crippen molar-refractivity contribution in [2.45, 2.75) is 39.7 Å². The fraction of sp³-hybridized carbons (Fsp3) is 0.316. The van der Waals surface area contributed by atoms with Crippen LogP contribution < -0.4 is 10.1 Å². The molecule has 2 aromatic rings. The van der Waals surface area contributed by atoms with Crippen LogP contribution in [-0.4, -0.2) is 12.0 Å². The molecule has 1 amide bonds. The molecule has 0 saturated carbocycles. The Morgan fingerprint density at radius 2 is 1.79 bits per heavy atom. The molecule has 0 fully saturated rings. The molecule has 0 aliphatic carbocycles. The van der Waals surface area contributed by atoms with Crippen molar-refractivity contribution in [1.29, 1.82) is 0 Å². The predicted octanol–water partition coefficient (Wildman–Crippen LogP) is 5.83. The van der Waals surface area contributed by atoms with Crippen molar-refractivity contribution >= 4 is 34.8 Å². The highest BCUT2D eigenvalue weighted by molar-refractivity contribution is 6.35. The molecular weight excluding hydrogens is 345 g/mol. The van der Waals surface area contributed by atoms with Gasteiger partial charge < -0.3 is 10.1 Å². The number of anilines is 1. The molecule has 5 heteroatoms. The number of halogens is 2. The summed E-state index contributed by atoms with van der Waals surface area (Å²) in [7, 11) is 0. The lowest BCUT2D eigenvalue weighted by atomic mass is 10.0. The van der Waals surface area contributed by atoms with Gasteiger partial charge in [0.05, 0.1) is 10.7 Å². The number of hydrogen-bond acceptors (Lipinski definition) is 2. The van der Waals surface area contributed by atoms with Gasteiger partial charge in [0.15, 0.2) is 6.10 Å². The molecule has 0 heterocycles. The van der Waals surface area contributed by atoms with Crippen LogP contribution in [0, 0.1) is 6.92 Å². The Morgan fingerprint density at radius 1 is 1.08 bits per heavy atom. The van der Waals surface area contributed by atoms with E-state index in [1.165, 1.54) is 0 Å². The number of nitrogens with one attached hydrogen (secondary N) is 1. The number of rotatable bonds is 5. The Hall–Kier alpha value is -1.71. The van der Waals surface area contributed by atoms with Crippen LogP contribution in [0.4, 0.5) is 5.69 Å². The fourth-order valence-corrected chi connectivity index (χ4v) is 2.63. The van der Waals surface area contributed by atoms with Crippen LogP contribution in [0.2, 0.25) is 10.0 Å². The maximum Gasteiger partial charge on any atom is 0.265 e. The maximum absolute atomic E-state index is 12.4. The van der Waals surface area contributed by atoms with Gasteiger partial charge in [0.25, 0.3) is 5.91 Å². The molecule has 0 unspecified atom stereocenters. The van der Waals surface area contributed by atoms with E-state index in [9.17, 15) is 4.79 Å². The van der Waals surface area contributed by atoms with Gasteiger partial charge in [-0.05, 0) is 55.2 Å². The summed E-state index contributed by atoms with van der Waals surface area (Å²) in [6, 6.07) is 10.9. The highest BCUT2D eigenvalue weighted by Gasteiger charge is 2.18. The summed E-state index contributed by atoms with van der Waals surface area (Å²) in [4.78, 5) is 12.4. The summed E-state index contributed by atoms with van der Waals surface area (Å²) >= 11 is 12.0. The van der Waals surface area contributed by atoms with E-state index >= 15 is 0 Å². The zero-order valence-corrected chi connectivity index (χ0v) is 15.7. The third-order valence-corrected chi connectivity index (χ3v) is 4.22. The summed E-state index contributed by atoms with van der Waals surface area (Å²) in [5.41, 5.74) is 2.62. The van der Waals surface area contributed by atoms with E-state index in [1.807, 2.05) is 25.1 Å². The summed E-state index contributed by atoms with van der Waals surface area (Å²) in [5.74, 6) is 0.749. The smallest absolute Gasteiger partial charge is 0.265 e. The SMILES string of the molecule is Cc1ccc(C(C)C)c(O[C@H](C)C(=O)Nc2cc(Cl)ccc2Cl)c1. The molecule has 3 nitrogen and oxygen atoms in total. The van der Waals surface area contributed by atoms with E-state index in [4.69, 9.17) is 27.9 Å². The second-order valence-electron chi connectivity index (χ2n) is 6.07. The van der Waals surface area contributed by atoms with Crippen LogP contribution in [0.3, 0.4) is 0 Å². The minimum atomic E-state index is -0.667. The topological polar surface area (TPSA) is 38.3 Å². The highest BCUT2D eigenvalue weighted by Crippen LogP contribution is 2.29. The lowest BCUT2D eigenvalue weighted by Crippen LogP contribution is -2.30. The number of carbonyl (C=O) groups excluding carboxylic acids is 1. The number of amides is 1. The highest BCUT2D eigenvalue weighted by atomic mass is 35.5. The Kier molecular flexibility index (Phi) is 6.14. The maximum atomic E-state index is 12.4. The van der Waals surface area contributed by atoms with E-state index in [2.05, 4.69) is 19.2 Å². The number of hydrogen-bond donors (Lipinski definition) is 1. The third-order valence-electron chi connectivity index (χ3n) is 3.65. The zero-order valence-electron chi connectivity index (χ0n) is 14.2. The number of aryl methyl sites for hydroxylation is 1. The lowest BCUT2D eigenvalue weighted by molar-refractivity contribution is -0.122. The van der Waals surface area contributed by atoms with E-state index < -0.39 is 6.10 Å². The van der Waals surface area contributed by atoms with Crippen molar-refractivity contribution in [3.8, 4) is 5.75 Å². The molecule has 0 saturated heterocycles. The monoisotopic (exact) mass is 365 g/mol. The Labute approximate surface area is 152 Å². The van der Waals surface area contributed by atoms with Gasteiger partial charge in [0, 0.05) is 5.02 Å². The van der Waals surface area contributed by atoms with Crippen LogP contribution in [0.25, 0.3) is 0 Å². The van der Waals surface area contributed by atoms with E-state index in [-0.39, 0.29) is 5.91 Å². The first-order chi connectivity index (χ1) is 11.3. The summed E-state index contributed by atoms with van der Waals surface area (Å²) in [6.07, 6.45) is -0.667. The lowest BCUT2D eigenvalue weighted by Gasteiger charge is -2.19. The van der Waals surface area contributed by atoms with Gasteiger partial charge in [0.1, 0.15) is 5.75 Å². The molecule has 128 valence electrons. The number of benzene rings is 2. The molecule has 1 atom stereocenters. The second kappa shape index (κ2) is 7.91. The number of carbonyl (C=O) groups is 1. The quantitative estimate of drug-likeness (QED) is 0.723. The largest absolute Gasteiger partial charge is 0.481 e. The molecule has 1 N–H and O–H groups in total. The van der Waals surface area contributed by atoms with Crippen LogP contribution in [0.15, 0.2) is 36.4 Å². The summed E-state index contributed by atoms with van der Waals surface area (Å²) in [5, 5.41) is 3.69. The third kappa shape index (κ3) is 4.65. The van der Waals surface area contributed by atoms with Crippen molar-refractivity contribution < 1.29 is 9.53 Å². The molecule has 0 aliphatic heterocycles. The van der Waals surface area contributed by atoms with Crippen molar-refractivity contribution in [3.05, 3.63) is 57.6 Å². The minimum Gasteiger partial charge on any atom is -0.481 e. The second-order valence-corrected chi connectivity index (χ2v) is 6.91. The standard InChI is InChI=1S/C19H21Cl2NO2/c1-11(2)15-7-5-12(3)9-18(15)24-13(4)19(23)22-17-10-14(20)6-8-16(17)21/h5-11,13H,1-4H3,(H,22,23)/t13-/m1/s1. The molecule has 0 aromatic heterocycles. The van der Waals surface area contributed by atoms with Gasteiger partial charge in [-0.15, -0.1) is 0 Å². The Morgan fingerprint density at radius 3 is 2.46 bits per heavy atom. The average molecular weight is 366 g/mol. The van der Waals surface area contributed by atoms with Gasteiger partial charge in [-0.1, -0.05) is 49.2 Å². The Balaban J connectivity index is 2.15. The zero-order chi connectivity index (χ0) is 17.9. The fourth-order valence-electron chi connectivity index (χ4n) is 2.29. The molecule has 2 aromatic carbocycles. The molecule has 0 aliphatic rings. The van der Waals surface area contributed by atoms with Gasteiger partial charge in [-0.3, -0.25) is 4.79 Å². The normalized spacial score (nSPS) is 12.1. The van der Waals surface area contributed by atoms with Crippen molar-refractivity contribution in [3.63, 3.8) is 0 Å². The molecule has 0 radical (unpaired) electrons. The summed E-state index contributed by atoms with van der Waals surface area (Å²) in [6.45, 7) is 7.88. The van der Waals surface area contributed by atoms with Crippen molar-refractivity contribution in [2.24, 2.45) is 0 Å². The van der Waals surface area contributed by atoms with Crippen molar-refractivity contribution in [2.75, 3.05) is 5.32 Å². The predicted molar refractivity (Wildman–Crippen MR) is 100 cm³/mol. The van der Waals surface area contributed by atoms with Crippen LogP contribution in [0.5, 0.6) is 5.75 Å². The van der Waals surface area contributed by atoms with Gasteiger partial charge in [-0.25, -0.2) is 0 Å². The average Bonchev–Trinajstić information content (AvgIpc) is 2.50. The molecule has 2 rings (SSSR count). The van der Waals surface area contributed by atoms with Crippen LogP contribution in [0.1, 0.15) is 37.8 Å².